The predicted molar refractivity (Wildman–Crippen MR) is 73.9 cm³/mol. The van der Waals surface area contributed by atoms with E-state index in [1.807, 2.05) is 19.0 Å². The molecule has 0 N–H and O–H groups in total. The molecule has 1 aromatic carbocycles. The van der Waals surface area contributed by atoms with Crippen LogP contribution in [0.5, 0.6) is 0 Å². The lowest BCUT2D eigenvalue weighted by atomic mass is 10.1. The second-order valence-electron chi connectivity index (χ2n) is 4.23. The Bertz CT molecular complexity index is 489. The minimum absolute atomic E-state index is 0. The summed E-state index contributed by atoms with van der Waals surface area (Å²) in [5.41, 5.74) is 0.951. The third-order valence-corrected chi connectivity index (χ3v) is 3.02. The van der Waals surface area contributed by atoms with E-state index in [4.69, 9.17) is 11.6 Å². The smallest absolute Gasteiger partial charge is 0.299 e. The summed E-state index contributed by atoms with van der Waals surface area (Å²) < 4.78 is 0. The molecule has 0 fully saturated rings. The van der Waals surface area contributed by atoms with Gasteiger partial charge in [-0.3, -0.25) is 9.59 Å². The van der Waals surface area contributed by atoms with Crippen molar-refractivity contribution in [2.75, 3.05) is 32.1 Å². The zero-order chi connectivity index (χ0) is 12.6. The summed E-state index contributed by atoms with van der Waals surface area (Å²) in [7, 11) is 3.83. The van der Waals surface area contributed by atoms with Crippen molar-refractivity contribution in [1.82, 2.24) is 4.90 Å². The lowest BCUT2D eigenvalue weighted by molar-refractivity contribution is -0.114. The first-order chi connectivity index (χ1) is 8.02. The molecule has 2 rings (SSSR count). The highest BCUT2D eigenvalue weighted by Gasteiger charge is 2.36. The molecule has 4 nitrogen and oxygen atoms in total. The number of benzene rings is 1. The maximum absolute atomic E-state index is 11.8. The number of para-hydroxylation sites is 1. The number of anilines is 1. The van der Waals surface area contributed by atoms with E-state index in [0.717, 1.165) is 0 Å². The van der Waals surface area contributed by atoms with E-state index in [1.165, 1.54) is 4.90 Å². The first-order valence-electron chi connectivity index (χ1n) is 5.32. The number of carbonyl (C=O) groups is 2. The normalized spacial score (nSPS) is 13.9. The van der Waals surface area contributed by atoms with Crippen LogP contribution in [0.1, 0.15) is 10.4 Å². The van der Waals surface area contributed by atoms with E-state index in [2.05, 4.69) is 0 Å². The molecule has 0 saturated heterocycles. The average Bonchev–Trinajstić information content (AvgIpc) is 2.52. The Hall–Kier alpha value is -1.10. The van der Waals surface area contributed by atoms with Gasteiger partial charge in [0.05, 0.1) is 16.3 Å². The largest absolute Gasteiger partial charge is 0.308 e. The summed E-state index contributed by atoms with van der Waals surface area (Å²) in [6.45, 7) is 1.15. The minimum atomic E-state index is -0.491. The third kappa shape index (κ3) is 2.51. The Labute approximate surface area is 117 Å². The van der Waals surface area contributed by atoms with Gasteiger partial charge in [-0.15, -0.1) is 12.4 Å². The molecule has 0 aliphatic carbocycles. The van der Waals surface area contributed by atoms with Gasteiger partial charge in [-0.05, 0) is 26.2 Å². The SMILES string of the molecule is CN(C)CCN1C(=O)C(=O)c2cccc(Cl)c21.Cl. The molecule has 0 unspecified atom stereocenters. The number of nitrogens with zero attached hydrogens (tertiary/aromatic N) is 2. The summed E-state index contributed by atoms with van der Waals surface area (Å²) in [6.07, 6.45) is 0. The van der Waals surface area contributed by atoms with E-state index < -0.39 is 11.7 Å². The zero-order valence-electron chi connectivity index (χ0n) is 10.1. The summed E-state index contributed by atoms with van der Waals surface area (Å²) in [5.74, 6) is -0.962. The predicted octanol–water partition coefficient (Wildman–Crippen LogP) is 1.85. The van der Waals surface area contributed by atoms with Gasteiger partial charge in [-0.25, -0.2) is 0 Å². The Morgan fingerprint density at radius 2 is 1.94 bits per heavy atom. The van der Waals surface area contributed by atoms with Gasteiger partial charge in [0.2, 0.25) is 0 Å². The monoisotopic (exact) mass is 288 g/mol. The highest BCUT2D eigenvalue weighted by Crippen LogP contribution is 2.35. The maximum Gasteiger partial charge on any atom is 0.299 e. The highest BCUT2D eigenvalue weighted by atomic mass is 35.5. The van der Waals surface area contributed by atoms with Gasteiger partial charge in [0.15, 0.2) is 0 Å². The Kier molecular flexibility index (Phi) is 4.73. The number of carbonyl (C=O) groups excluding carboxylic acids is 2. The van der Waals surface area contributed by atoms with Crippen molar-refractivity contribution in [3.63, 3.8) is 0 Å². The van der Waals surface area contributed by atoms with Crippen molar-refractivity contribution in [2.45, 2.75) is 0 Å². The van der Waals surface area contributed by atoms with Gasteiger partial charge in [-0.1, -0.05) is 17.7 Å². The molecule has 6 heteroatoms. The fraction of sp³-hybridized carbons (Fsp3) is 0.333. The Morgan fingerprint density at radius 3 is 2.56 bits per heavy atom. The molecule has 98 valence electrons. The van der Waals surface area contributed by atoms with Crippen LogP contribution in [0.25, 0.3) is 0 Å². The molecule has 1 aromatic rings. The molecule has 0 radical (unpaired) electrons. The van der Waals surface area contributed by atoms with E-state index >= 15 is 0 Å². The van der Waals surface area contributed by atoms with Crippen LogP contribution in [-0.4, -0.2) is 43.8 Å². The van der Waals surface area contributed by atoms with Gasteiger partial charge in [0.25, 0.3) is 11.7 Å². The third-order valence-electron chi connectivity index (χ3n) is 2.71. The average molecular weight is 289 g/mol. The van der Waals surface area contributed by atoms with Crippen LogP contribution in [0.2, 0.25) is 5.02 Å². The number of ketones is 1. The summed E-state index contributed by atoms with van der Waals surface area (Å²) in [5, 5.41) is 0.445. The van der Waals surface area contributed by atoms with E-state index in [-0.39, 0.29) is 12.4 Å². The van der Waals surface area contributed by atoms with Gasteiger partial charge in [0.1, 0.15) is 0 Å². The van der Waals surface area contributed by atoms with Crippen LogP contribution in [0.3, 0.4) is 0 Å². The second kappa shape index (κ2) is 5.69. The van der Waals surface area contributed by atoms with Crippen LogP contribution in [-0.2, 0) is 4.79 Å². The molecular formula is C12H14Cl2N2O2. The molecule has 1 aliphatic rings. The molecule has 0 saturated carbocycles. The van der Waals surface area contributed by atoms with E-state index in [0.29, 0.717) is 29.4 Å². The fourth-order valence-electron chi connectivity index (χ4n) is 1.83. The van der Waals surface area contributed by atoms with E-state index in [1.54, 1.807) is 18.2 Å². The molecule has 1 heterocycles. The standard InChI is InChI=1S/C12H13ClN2O2.ClH/c1-14(2)6-7-15-10-8(11(16)12(15)17)4-3-5-9(10)13;/h3-5H,6-7H2,1-2H3;1H. The van der Waals surface area contributed by atoms with E-state index in [9.17, 15) is 9.59 Å². The Morgan fingerprint density at radius 1 is 1.28 bits per heavy atom. The number of hydrogen-bond donors (Lipinski definition) is 0. The number of Topliss-reactive ketones (excluding diaryl/α,β-unsaturated/α-hetero) is 1. The Balaban J connectivity index is 0.00000162. The first-order valence-corrected chi connectivity index (χ1v) is 5.69. The highest BCUT2D eigenvalue weighted by molar-refractivity contribution is 6.54. The second-order valence-corrected chi connectivity index (χ2v) is 4.63. The van der Waals surface area contributed by atoms with Crippen molar-refractivity contribution in [2.24, 2.45) is 0 Å². The van der Waals surface area contributed by atoms with Crippen molar-refractivity contribution in [3.05, 3.63) is 28.8 Å². The first kappa shape index (κ1) is 15.0. The summed E-state index contributed by atoms with van der Waals surface area (Å²) in [6, 6.07) is 5.01. The molecule has 1 aliphatic heterocycles. The van der Waals surface area contributed by atoms with Crippen LogP contribution in [0.4, 0.5) is 5.69 Å². The van der Waals surface area contributed by atoms with Gasteiger partial charge >= 0.3 is 0 Å². The number of amides is 1. The van der Waals surface area contributed by atoms with Crippen LogP contribution >= 0.6 is 24.0 Å². The zero-order valence-corrected chi connectivity index (χ0v) is 11.7. The molecular weight excluding hydrogens is 275 g/mol. The molecule has 0 atom stereocenters. The van der Waals surface area contributed by atoms with Gasteiger partial charge in [0, 0.05) is 13.1 Å². The molecule has 0 aromatic heterocycles. The van der Waals surface area contributed by atoms with Gasteiger partial charge in [-0.2, -0.15) is 0 Å². The number of fused-ring (bicyclic) bond motifs is 1. The molecule has 0 bridgehead atoms. The molecule has 18 heavy (non-hydrogen) atoms. The number of likely N-dealkylation sites (N-methyl/N-ethyl adjacent to an activating group) is 1. The quantitative estimate of drug-likeness (QED) is 0.797. The maximum atomic E-state index is 11.8. The lowest BCUT2D eigenvalue weighted by Gasteiger charge is -2.19. The van der Waals surface area contributed by atoms with Crippen molar-refractivity contribution in [1.29, 1.82) is 0 Å². The van der Waals surface area contributed by atoms with Crippen LogP contribution in [0.15, 0.2) is 18.2 Å². The summed E-state index contributed by atoms with van der Waals surface area (Å²) >= 11 is 6.05. The molecule has 1 amide bonds. The number of rotatable bonds is 3. The fourth-order valence-corrected chi connectivity index (χ4v) is 2.10. The van der Waals surface area contributed by atoms with Crippen molar-refractivity contribution >= 4 is 41.4 Å². The van der Waals surface area contributed by atoms with Crippen LogP contribution < -0.4 is 4.90 Å². The lowest BCUT2D eigenvalue weighted by Crippen LogP contribution is -2.35. The van der Waals surface area contributed by atoms with Crippen molar-refractivity contribution in [3.8, 4) is 0 Å². The number of hydrogen-bond acceptors (Lipinski definition) is 3. The molecule has 0 spiro atoms. The topological polar surface area (TPSA) is 40.6 Å². The summed E-state index contributed by atoms with van der Waals surface area (Å²) in [4.78, 5) is 27.0. The minimum Gasteiger partial charge on any atom is -0.308 e. The van der Waals surface area contributed by atoms with Crippen LogP contribution in [0, 0.1) is 0 Å². The van der Waals surface area contributed by atoms with Gasteiger partial charge < -0.3 is 9.80 Å². The number of halogens is 2. The van der Waals surface area contributed by atoms with Crippen molar-refractivity contribution < 1.29 is 9.59 Å².